The number of thiophene rings is 1. The Morgan fingerprint density at radius 1 is 1.33 bits per heavy atom. The lowest BCUT2D eigenvalue weighted by Gasteiger charge is -2.10. The quantitative estimate of drug-likeness (QED) is 0.784. The van der Waals surface area contributed by atoms with Gasteiger partial charge in [-0.25, -0.2) is 4.39 Å². The summed E-state index contributed by atoms with van der Waals surface area (Å²) in [4.78, 5) is 12.2. The second-order valence-corrected chi connectivity index (χ2v) is 5.72. The maximum absolute atomic E-state index is 13.3. The molecule has 3 nitrogen and oxygen atoms in total. The van der Waals surface area contributed by atoms with Crippen LogP contribution in [0.4, 0.5) is 4.39 Å². The summed E-state index contributed by atoms with van der Waals surface area (Å²) in [6.07, 6.45) is 0. The van der Waals surface area contributed by atoms with Crippen LogP contribution in [-0.4, -0.2) is 17.0 Å². The first-order chi connectivity index (χ1) is 10.2. The van der Waals surface area contributed by atoms with Crippen LogP contribution >= 0.6 is 11.3 Å². The van der Waals surface area contributed by atoms with E-state index < -0.39 is 0 Å². The normalized spacial score (nSPS) is 11.0. The summed E-state index contributed by atoms with van der Waals surface area (Å²) in [6.45, 7) is 2.95. The molecule has 0 atom stereocenters. The molecule has 1 aromatic carbocycles. The van der Waals surface area contributed by atoms with Crippen LogP contribution in [0.1, 0.15) is 23.0 Å². The number of halogens is 1. The molecule has 0 saturated carbocycles. The smallest absolute Gasteiger partial charge is 0.267 e. The van der Waals surface area contributed by atoms with Crippen LogP contribution in [0, 0.1) is 5.82 Å². The number of amides is 1. The van der Waals surface area contributed by atoms with Gasteiger partial charge in [-0.15, -0.1) is 11.3 Å². The third kappa shape index (κ3) is 2.69. The number of carbonyl (C=O) groups excluding carboxylic acids is 1. The third-order valence-electron chi connectivity index (χ3n) is 3.32. The summed E-state index contributed by atoms with van der Waals surface area (Å²) in [5, 5.41) is 4.82. The second-order valence-electron chi connectivity index (χ2n) is 4.78. The van der Waals surface area contributed by atoms with E-state index in [1.807, 2.05) is 35.1 Å². The van der Waals surface area contributed by atoms with Gasteiger partial charge in [0.25, 0.3) is 5.91 Å². The molecule has 3 rings (SSSR count). The monoisotopic (exact) mass is 302 g/mol. The minimum Gasteiger partial charge on any atom is -0.351 e. The van der Waals surface area contributed by atoms with Crippen molar-refractivity contribution in [3.8, 4) is 0 Å². The maximum atomic E-state index is 13.3. The van der Waals surface area contributed by atoms with Crippen molar-refractivity contribution in [2.24, 2.45) is 0 Å². The number of hydrogen-bond acceptors (Lipinski definition) is 2. The Kier molecular flexibility index (Phi) is 3.75. The molecule has 0 saturated heterocycles. The Labute approximate surface area is 126 Å². The highest BCUT2D eigenvalue weighted by Crippen LogP contribution is 2.26. The van der Waals surface area contributed by atoms with Crippen LogP contribution in [0.15, 0.2) is 41.8 Å². The van der Waals surface area contributed by atoms with Crippen LogP contribution < -0.4 is 5.32 Å². The predicted octanol–water partition coefficient (Wildman–Crippen LogP) is 3.64. The van der Waals surface area contributed by atoms with Gasteiger partial charge >= 0.3 is 0 Å². The lowest BCUT2D eigenvalue weighted by atomic mass is 10.2. The standard InChI is InChI=1S/C16H15FN2OS/c1-2-18-16(20)14-9-15-13(6-7-21-15)19(14)10-11-4-3-5-12(17)8-11/h3-9H,2,10H2,1H3,(H,18,20). The van der Waals surface area contributed by atoms with Crippen molar-refractivity contribution in [2.75, 3.05) is 6.54 Å². The lowest BCUT2D eigenvalue weighted by Crippen LogP contribution is -2.25. The fraction of sp³-hybridized carbons (Fsp3) is 0.188. The Bertz CT molecular complexity index is 791. The van der Waals surface area contributed by atoms with E-state index >= 15 is 0 Å². The van der Waals surface area contributed by atoms with Crippen LogP contribution in [0.3, 0.4) is 0 Å². The van der Waals surface area contributed by atoms with Gasteiger partial charge in [-0.1, -0.05) is 12.1 Å². The van der Waals surface area contributed by atoms with Crippen molar-refractivity contribution >= 4 is 27.5 Å². The Balaban J connectivity index is 2.04. The molecule has 0 unspecified atom stereocenters. The highest BCUT2D eigenvalue weighted by Gasteiger charge is 2.16. The molecule has 3 aromatic rings. The zero-order valence-electron chi connectivity index (χ0n) is 11.6. The first kappa shape index (κ1) is 13.8. The zero-order valence-corrected chi connectivity index (χ0v) is 12.4. The van der Waals surface area contributed by atoms with Crippen molar-refractivity contribution in [3.05, 3.63) is 58.9 Å². The van der Waals surface area contributed by atoms with E-state index in [9.17, 15) is 9.18 Å². The van der Waals surface area contributed by atoms with Gasteiger partial charge in [0.2, 0.25) is 0 Å². The average Bonchev–Trinajstić information content (AvgIpc) is 3.02. The molecule has 1 amide bonds. The molecule has 0 aliphatic rings. The molecule has 2 heterocycles. The largest absolute Gasteiger partial charge is 0.351 e. The molecular weight excluding hydrogens is 287 g/mol. The topological polar surface area (TPSA) is 34.0 Å². The number of benzene rings is 1. The third-order valence-corrected chi connectivity index (χ3v) is 4.18. The molecule has 21 heavy (non-hydrogen) atoms. The molecule has 2 aromatic heterocycles. The summed E-state index contributed by atoms with van der Waals surface area (Å²) in [5.74, 6) is -0.363. The Morgan fingerprint density at radius 3 is 2.95 bits per heavy atom. The number of nitrogens with one attached hydrogen (secondary N) is 1. The van der Waals surface area contributed by atoms with Crippen LogP contribution in [-0.2, 0) is 6.54 Å². The fourth-order valence-electron chi connectivity index (χ4n) is 2.40. The first-order valence-corrected chi connectivity index (χ1v) is 7.66. The average molecular weight is 302 g/mol. The van der Waals surface area contributed by atoms with Gasteiger partial charge in [-0.3, -0.25) is 4.79 Å². The van der Waals surface area contributed by atoms with E-state index in [4.69, 9.17) is 0 Å². The van der Waals surface area contributed by atoms with Gasteiger partial charge in [-0.2, -0.15) is 0 Å². The van der Waals surface area contributed by atoms with Gasteiger partial charge < -0.3 is 9.88 Å². The van der Waals surface area contributed by atoms with Crippen molar-refractivity contribution in [2.45, 2.75) is 13.5 Å². The number of carbonyl (C=O) groups is 1. The number of nitrogens with zero attached hydrogens (tertiary/aromatic N) is 1. The Morgan fingerprint density at radius 2 is 2.19 bits per heavy atom. The predicted molar refractivity (Wildman–Crippen MR) is 83.3 cm³/mol. The van der Waals surface area contributed by atoms with E-state index in [2.05, 4.69) is 5.32 Å². The summed E-state index contributed by atoms with van der Waals surface area (Å²) < 4.78 is 16.3. The number of rotatable bonds is 4. The van der Waals surface area contributed by atoms with Crippen LogP contribution in [0.25, 0.3) is 10.2 Å². The van der Waals surface area contributed by atoms with Gasteiger partial charge in [0.1, 0.15) is 11.5 Å². The summed E-state index contributed by atoms with van der Waals surface area (Å²) >= 11 is 1.60. The zero-order chi connectivity index (χ0) is 14.8. The van der Waals surface area contributed by atoms with E-state index in [1.165, 1.54) is 12.1 Å². The lowest BCUT2D eigenvalue weighted by molar-refractivity contribution is 0.0947. The molecule has 0 aliphatic heterocycles. The molecule has 1 N–H and O–H groups in total. The molecule has 0 aliphatic carbocycles. The van der Waals surface area contributed by atoms with Crippen molar-refractivity contribution in [1.29, 1.82) is 0 Å². The van der Waals surface area contributed by atoms with E-state index in [-0.39, 0.29) is 11.7 Å². The fourth-order valence-corrected chi connectivity index (χ4v) is 3.23. The highest BCUT2D eigenvalue weighted by atomic mass is 32.1. The minimum atomic E-state index is -0.263. The molecule has 0 radical (unpaired) electrons. The van der Waals surface area contributed by atoms with E-state index in [1.54, 1.807) is 17.4 Å². The summed E-state index contributed by atoms with van der Waals surface area (Å²) in [7, 11) is 0. The van der Waals surface area contributed by atoms with Gasteiger partial charge in [-0.05, 0) is 42.1 Å². The molecule has 0 bridgehead atoms. The van der Waals surface area contributed by atoms with E-state index in [0.29, 0.717) is 18.8 Å². The minimum absolute atomic E-state index is 0.0997. The van der Waals surface area contributed by atoms with Crippen LogP contribution in [0.2, 0.25) is 0 Å². The number of aromatic nitrogens is 1. The number of hydrogen-bond donors (Lipinski definition) is 1. The molecule has 0 fully saturated rings. The van der Waals surface area contributed by atoms with Gasteiger partial charge in [0.15, 0.2) is 0 Å². The molecule has 0 spiro atoms. The molecule has 5 heteroatoms. The highest BCUT2D eigenvalue weighted by molar-refractivity contribution is 7.17. The SMILES string of the molecule is CCNC(=O)c1cc2sccc2n1Cc1cccc(F)c1. The molecular formula is C16H15FN2OS. The van der Waals surface area contributed by atoms with Gasteiger partial charge in [0.05, 0.1) is 10.2 Å². The van der Waals surface area contributed by atoms with Gasteiger partial charge in [0, 0.05) is 13.1 Å². The summed E-state index contributed by atoms with van der Waals surface area (Å²) in [6, 6.07) is 10.4. The maximum Gasteiger partial charge on any atom is 0.267 e. The second kappa shape index (κ2) is 5.69. The summed E-state index contributed by atoms with van der Waals surface area (Å²) in [5.41, 5.74) is 2.46. The van der Waals surface area contributed by atoms with Crippen molar-refractivity contribution in [3.63, 3.8) is 0 Å². The van der Waals surface area contributed by atoms with Crippen LogP contribution in [0.5, 0.6) is 0 Å². The number of fused-ring (bicyclic) bond motifs is 1. The van der Waals surface area contributed by atoms with Crippen molar-refractivity contribution in [1.82, 2.24) is 9.88 Å². The first-order valence-electron chi connectivity index (χ1n) is 6.78. The van der Waals surface area contributed by atoms with Crippen molar-refractivity contribution < 1.29 is 9.18 Å². The molecule has 108 valence electrons. The van der Waals surface area contributed by atoms with E-state index in [0.717, 1.165) is 15.8 Å². The Hall–Kier alpha value is -2.14.